The fourth-order valence-corrected chi connectivity index (χ4v) is 3.46. The van der Waals surface area contributed by atoms with E-state index in [4.69, 9.17) is 0 Å². The zero-order valence-corrected chi connectivity index (χ0v) is 17.2. The lowest BCUT2D eigenvalue weighted by molar-refractivity contribution is -0.125. The minimum Gasteiger partial charge on any atom is -0.303 e. The fraction of sp³-hybridized carbons (Fsp3) is 0.440. The van der Waals surface area contributed by atoms with Crippen molar-refractivity contribution in [3.8, 4) is 0 Å². The Labute approximate surface area is 164 Å². The van der Waals surface area contributed by atoms with Crippen LogP contribution in [0.2, 0.25) is 0 Å². The number of carbonyl (C=O) groups excluding carboxylic acids is 2. The monoisotopic (exact) mass is 364 g/mol. The Hall–Kier alpha value is -2.22. The van der Waals surface area contributed by atoms with Gasteiger partial charge in [0.1, 0.15) is 12.1 Å². The summed E-state index contributed by atoms with van der Waals surface area (Å²) in [5.74, 6) is 0.626. The van der Waals surface area contributed by atoms with Crippen molar-refractivity contribution in [1.29, 1.82) is 0 Å². The van der Waals surface area contributed by atoms with Crippen molar-refractivity contribution in [2.45, 2.75) is 65.2 Å². The Morgan fingerprint density at radius 3 is 1.67 bits per heavy atom. The highest BCUT2D eigenvalue weighted by atomic mass is 16.1. The highest BCUT2D eigenvalue weighted by molar-refractivity contribution is 5.89. The number of hydrogen-bond donors (Lipinski definition) is 0. The molecule has 2 aromatic carbocycles. The molecule has 0 spiro atoms. The maximum atomic E-state index is 13.1. The zero-order chi connectivity index (χ0) is 20.0. The highest BCUT2D eigenvalue weighted by Crippen LogP contribution is 2.27. The summed E-state index contributed by atoms with van der Waals surface area (Å²) in [4.78, 5) is 24.3. The van der Waals surface area contributed by atoms with E-state index >= 15 is 0 Å². The van der Waals surface area contributed by atoms with Crippen molar-refractivity contribution >= 4 is 12.1 Å². The molecule has 2 nitrogen and oxygen atoms in total. The van der Waals surface area contributed by atoms with E-state index in [2.05, 4.69) is 64.1 Å². The van der Waals surface area contributed by atoms with Gasteiger partial charge in [0.2, 0.25) is 0 Å². The third-order valence-electron chi connectivity index (χ3n) is 5.35. The first-order valence-electron chi connectivity index (χ1n) is 9.99. The molecule has 2 rings (SSSR count). The normalized spacial score (nSPS) is 13.6. The standard InChI is InChI=1S/C25H32O2/c1-17(2)21-8-6-20(7-9-21)16-19(5)25(27)24(14-15-26)23-12-10-22(11-13-23)18(3)4/h6-13,15,17-19,24H,14,16H2,1-5H3. The molecular weight excluding hydrogens is 332 g/mol. The fourth-order valence-electron chi connectivity index (χ4n) is 3.46. The largest absolute Gasteiger partial charge is 0.303 e. The number of carbonyl (C=O) groups is 2. The molecule has 0 fully saturated rings. The minimum absolute atomic E-state index is 0.121. The lowest BCUT2D eigenvalue weighted by atomic mass is 9.83. The van der Waals surface area contributed by atoms with Gasteiger partial charge >= 0.3 is 0 Å². The van der Waals surface area contributed by atoms with Gasteiger partial charge in [-0.15, -0.1) is 0 Å². The van der Waals surface area contributed by atoms with Crippen LogP contribution in [0.4, 0.5) is 0 Å². The van der Waals surface area contributed by atoms with E-state index in [0.29, 0.717) is 18.3 Å². The van der Waals surface area contributed by atoms with Gasteiger partial charge in [-0.05, 0) is 40.5 Å². The van der Waals surface area contributed by atoms with Crippen LogP contribution in [0.1, 0.15) is 81.0 Å². The Kier molecular flexibility index (Phi) is 7.53. The summed E-state index contributed by atoms with van der Waals surface area (Å²) >= 11 is 0. The van der Waals surface area contributed by atoms with E-state index in [1.54, 1.807) is 0 Å². The van der Waals surface area contributed by atoms with Crippen LogP contribution >= 0.6 is 0 Å². The number of rotatable bonds is 9. The van der Waals surface area contributed by atoms with Crippen molar-refractivity contribution in [2.24, 2.45) is 5.92 Å². The molecule has 0 saturated heterocycles. The quantitative estimate of drug-likeness (QED) is 0.507. The van der Waals surface area contributed by atoms with Crippen LogP contribution in [-0.2, 0) is 16.0 Å². The molecular formula is C25H32O2. The SMILES string of the molecule is CC(Cc1ccc(C(C)C)cc1)C(=O)C(CC=O)c1ccc(C(C)C)cc1. The second-order valence-electron chi connectivity index (χ2n) is 8.18. The van der Waals surface area contributed by atoms with Crippen LogP contribution in [0.25, 0.3) is 0 Å². The molecule has 0 aliphatic carbocycles. The molecule has 0 radical (unpaired) electrons. The minimum atomic E-state index is -0.353. The maximum absolute atomic E-state index is 13.1. The second-order valence-corrected chi connectivity index (χ2v) is 8.18. The average molecular weight is 365 g/mol. The van der Waals surface area contributed by atoms with Gasteiger partial charge in [-0.1, -0.05) is 83.1 Å². The first-order chi connectivity index (χ1) is 12.8. The van der Waals surface area contributed by atoms with Crippen molar-refractivity contribution in [2.75, 3.05) is 0 Å². The van der Waals surface area contributed by atoms with E-state index in [9.17, 15) is 9.59 Å². The third kappa shape index (κ3) is 5.63. The number of Topliss-reactive ketones (excluding diaryl/α,β-unsaturated/α-hetero) is 1. The van der Waals surface area contributed by atoms with E-state index in [-0.39, 0.29) is 24.0 Å². The van der Waals surface area contributed by atoms with Gasteiger partial charge in [0, 0.05) is 18.3 Å². The molecule has 0 aliphatic heterocycles. The Bertz CT molecular complexity index is 739. The first kappa shape index (κ1) is 21.1. The van der Waals surface area contributed by atoms with Gasteiger partial charge in [-0.25, -0.2) is 0 Å². The van der Waals surface area contributed by atoms with Crippen molar-refractivity contribution in [3.63, 3.8) is 0 Å². The van der Waals surface area contributed by atoms with Crippen molar-refractivity contribution < 1.29 is 9.59 Å². The Balaban J connectivity index is 2.13. The van der Waals surface area contributed by atoms with Crippen LogP contribution in [0.15, 0.2) is 48.5 Å². The van der Waals surface area contributed by atoms with Crippen molar-refractivity contribution in [1.82, 2.24) is 0 Å². The number of hydrogen-bond acceptors (Lipinski definition) is 2. The predicted octanol–water partition coefficient (Wildman–Crippen LogP) is 6.05. The lowest BCUT2D eigenvalue weighted by Crippen LogP contribution is -2.22. The molecule has 0 heterocycles. The summed E-state index contributed by atoms with van der Waals surface area (Å²) in [6.45, 7) is 10.6. The molecule has 27 heavy (non-hydrogen) atoms. The van der Waals surface area contributed by atoms with E-state index in [0.717, 1.165) is 11.8 Å². The molecule has 2 aromatic rings. The summed E-state index contributed by atoms with van der Waals surface area (Å²) in [6, 6.07) is 16.7. The molecule has 0 amide bonds. The van der Waals surface area contributed by atoms with Gasteiger partial charge in [0.25, 0.3) is 0 Å². The smallest absolute Gasteiger partial charge is 0.143 e. The molecule has 144 valence electrons. The lowest BCUT2D eigenvalue weighted by Gasteiger charge is -2.20. The molecule has 0 aromatic heterocycles. The number of aldehydes is 1. The van der Waals surface area contributed by atoms with Crippen LogP contribution < -0.4 is 0 Å². The summed E-state index contributed by atoms with van der Waals surface area (Å²) in [6.07, 6.45) is 1.82. The van der Waals surface area contributed by atoms with E-state index < -0.39 is 0 Å². The van der Waals surface area contributed by atoms with Crippen LogP contribution in [0, 0.1) is 5.92 Å². The first-order valence-corrected chi connectivity index (χ1v) is 9.99. The van der Waals surface area contributed by atoms with Gasteiger partial charge in [0.15, 0.2) is 0 Å². The Morgan fingerprint density at radius 1 is 0.778 bits per heavy atom. The number of benzene rings is 2. The Morgan fingerprint density at radius 2 is 1.22 bits per heavy atom. The third-order valence-corrected chi connectivity index (χ3v) is 5.35. The topological polar surface area (TPSA) is 34.1 Å². The summed E-state index contributed by atoms with van der Waals surface area (Å²) in [7, 11) is 0. The van der Waals surface area contributed by atoms with Gasteiger partial charge in [0.05, 0.1) is 0 Å². The molecule has 2 unspecified atom stereocenters. The average Bonchev–Trinajstić information content (AvgIpc) is 2.66. The zero-order valence-electron chi connectivity index (χ0n) is 17.2. The molecule has 2 atom stereocenters. The second kappa shape index (κ2) is 9.64. The number of ketones is 1. The van der Waals surface area contributed by atoms with Gasteiger partial charge < -0.3 is 4.79 Å². The van der Waals surface area contributed by atoms with Gasteiger partial charge in [-0.3, -0.25) is 4.79 Å². The van der Waals surface area contributed by atoms with E-state index in [1.165, 1.54) is 16.7 Å². The summed E-state index contributed by atoms with van der Waals surface area (Å²) in [5, 5.41) is 0. The molecule has 0 aliphatic rings. The molecule has 0 bridgehead atoms. The maximum Gasteiger partial charge on any atom is 0.143 e. The van der Waals surface area contributed by atoms with Crippen LogP contribution in [0.3, 0.4) is 0 Å². The predicted molar refractivity (Wildman–Crippen MR) is 112 cm³/mol. The summed E-state index contributed by atoms with van der Waals surface area (Å²) in [5.41, 5.74) is 4.66. The van der Waals surface area contributed by atoms with E-state index in [1.807, 2.05) is 19.1 Å². The molecule has 2 heteroatoms. The molecule has 0 N–H and O–H groups in total. The molecule has 0 saturated carbocycles. The summed E-state index contributed by atoms with van der Waals surface area (Å²) < 4.78 is 0. The van der Waals surface area contributed by atoms with Crippen LogP contribution in [-0.4, -0.2) is 12.1 Å². The van der Waals surface area contributed by atoms with Crippen molar-refractivity contribution in [3.05, 3.63) is 70.8 Å². The highest BCUT2D eigenvalue weighted by Gasteiger charge is 2.25. The van der Waals surface area contributed by atoms with Crippen LogP contribution in [0.5, 0.6) is 0 Å². The van der Waals surface area contributed by atoms with Gasteiger partial charge in [-0.2, -0.15) is 0 Å².